The van der Waals surface area contributed by atoms with E-state index in [1.165, 1.54) is 18.4 Å². The smallest absolute Gasteiger partial charge is 0.128 e. The van der Waals surface area contributed by atoms with Crippen molar-refractivity contribution in [1.29, 1.82) is 0 Å². The van der Waals surface area contributed by atoms with Crippen LogP contribution in [0.2, 0.25) is 0 Å². The third kappa shape index (κ3) is 4.38. The first-order valence-corrected chi connectivity index (χ1v) is 9.17. The molecule has 3 heteroatoms. The standard InChI is InChI=1S/C21H34N2O/c1-20(2,3)15-11-14(19(24)16(12-15)21(4,5)6)13-23-18-10-8-7-9-17(18)22/h11-13,17-18,24H,7-10,22H2,1-6H3/t17-,18-/m0/s1. The molecular formula is C21H34N2O. The summed E-state index contributed by atoms with van der Waals surface area (Å²) < 4.78 is 0. The SMILES string of the molecule is CC(C)(C)c1cc(C=N[C@H]2CCCC[C@@H]2N)c(O)c(C(C)(C)C)c1. The van der Waals surface area contributed by atoms with Crippen LogP contribution in [0.5, 0.6) is 5.75 Å². The number of aromatic hydroxyl groups is 1. The summed E-state index contributed by atoms with van der Waals surface area (Å²) in [5.41, 5.74) is 9.12. The maximum atomic E-state index is 10.8. The minimum atomic E-state index is -0.116. The van der Waals surface area contributed by atoms with E-state index < -0.39 is 0 Å². The van der Waals surface area contributed by atoms with Gasteiger partial charge in [0.15, 0.2) is 0 Å². The van der Waals surface area contributed by atoms with Gasteiger partial charge in [0.2, 0.25) is 0 Å². The van der Waals surface area contributed by atoms with E-state index in [0.29, 0.717) is 5.75 Å². The number of nitrogens with zero attached hydrogens (tertiary/aromatic N) is 1. The van der Waals surface area contributed by atoms with Crippen LogP contribution in [0.25, 0.3) is 0 Å². The van der Waals surface area contributed by atoms with Crippen molar-refractivity contribution < 1.29 is 5.11 Å². The zero-order valence-corrected chi connectivity index (χ0v) is 16.2. The zero-order chi connectivity index (χ0) is 18.1. The van der Waals surface area contributed by atoms with Gasteiger partial charge in [0.05, 0.1) is 6.04 Å². The van der Waals surface area contributed by atoms with E-state index in [1.54, 1.807) is 0 Å². The Morgan fingerprint density at radius 3 is 2.21 bits per heavy atom. The van der Waals surface area contributed by atoms with Gasteiger partial charge in [0.25, 0.3) is 0 Å². The molecule has 1 aromatic carbocycles. The van der Waals surface area contributed by atoms with Gasteiger partial charge in [-0.2, -0.15) is 0 Å². The first-order chi connectivity index (χ1) is 11.0. The molecule has 0 spiro atoms. The van der Waals surface area contributed by atoms with Crippen molar-refractivity contribution in [2.75, 3.05) is 0 Å². The average molecular weight is 331 g/mol. The molecular weight excluding hydrogens is 296 g/mol. The Kier molecular flexibility index (Phi) is 5.44. The molecule has 3 nitrogen and oxygen atoms in total. The third-order valence-electron chi connectivity index (χ3n) is 5.00. The second-order valence-electron chi connectivity index (χ2n) is 9.26. The van der Waals surface area contributed by atoms with Crippen LogP contribution >= 0.6 is 0 Å². The van der Waals surface area contributed by atoms with Gasteiger partial charge in [0, 0.05) is 23.4 Å². The minimum Gasteiger partial charge on any atom is -0.507 e. The van der Waals surface area contributed by atoms with Gasteiger partial charge >= 0.3 is 0 Å². The predicted molar refractivity (Wildman–Crippen MR) is 103 cm³/mol. The van der Waals surface area contributed by atoms with Gasteiger partial charge in [-0.15, -0.1) is 0 Å². The molecule has 1 fully saturated rings. The lowest BCUT2D eigenvalue weighted by atomic mass is 9.79. The van der Waals surface area contributed by atoms with E-state index in [2.05, 4.69) is 53.7 Å². The molecule has 1 aliphatic rings. The van der Waals surface area contributed by atoms with E-state index in [9.17, 15) is 5.11 Å². The highest BCUT2D eigenvalue weighted by Crippen LogP contribution is 2.37. The average Bonchev–Trinajstić information content (AvgIpc) is 2.45. The molecule has 1 aromatic rings. The predicted octanol–water partition coefficient (Wildman–Crippen LogP) is 4.68. The Hall–Kier alpha value is -1.35. The summed E-state index contributed by atoms with van der Waals surface area (Å²) >= 11 is 0. The van der Waals surface area contributed by atoms with Gasteiger partial charge in [-0.1, -0.05) is 60.5 Å². The topological polar surface area (TPSA) is 58.6 Å². The Morgan fingerprint density at radius 2 is 1.67 bits per heavy atom. The molecule has 2 rings (SSSR count). The molecule has 3 N–H and O–H groups in total. The number of hydrogen-bond donors (Lipinski definition) is 2. The number of phenolic OH excluding ortho intramolecular Hbond substituents is 1. The van der Waals surface area contributed by atoms with E-state index in [0.717, 1.165) is 24.0 Å². The number of nitrogens with two attached hydrogens (primary N) is 1. The number of rotatable bonds is 2. The fraction of sp³-hybridized carbons (Fsp3) is 0.667. The van der Waals surface area contributed by atoms with Crippen LogP contribution in [0.15, 0.2) is 17.1 Å². The van der Waals surface area contributed by atoms with Crippen molar-refractivity contribution in [3.05, 3.63) is 28.8 Å². The molecule has 134 valence electrons. The summed E-state index contributed by atoms with van der Waals surface area (Å²) in [6.45, 7) is 13.0. The Bertz CT molecular complexity index is 605. The molecule has 0 heterocycles. The zero-order valence-electron chi connectivity index (χ0n) is 16.2. The summed E-state index contributed by atoms with van der Waals surface area (Å²) in [7, 11) is 0. The van der Waals surface area contributed by atoms with Crippen LogP contribution in [0.3, 0.4) is 0 Å². The highest BCUT2D eigenvalue weighted by Gasteiger charge is 2.25. The van der Waals surface area contributed by atoms with Gasteiger partial charge < -0.3 is 10.8 Å². The fourth-order valence-electron chi connectivity index (χ4n) is 3.26. The molecule has 0 saturated heterocycles. The van der Waals surface area contributed by atoms with Crippen molar-refractivity contribution in [2.45, 2.75) is 90.1 Å². The van der Waals surface area contributed by atoms with E-state index in [-0.39, 0.29) is 22.9 Å². The summed E-state index contributed by atoms with van der Waals surface area (Å²) in [4.78, 5) is 4.73. The monoisotopic (exact) mass is 330 g/mol. The summed E-state index contributed by atoms with van der Waals surface area (Å²) in [5.74, 6) is 0.351. The highest BCUT2D eigenvalue weighted by molar-refractivity contribution is 5.85. The minimum absolute atomic E-state index is 0.0253. The van der Waals surface area contributed by atoms with Crippen LogP contribution in [-0.4, -0.2) is 23.4 Å². The lowest BCUT2D eigenvalue weighted by molar-refractivity contribution is 0.387. The molecule has 0 aromatic heterocycles. The molecule has 0 bridgehead atoms. The number of phenols is 1. The number of benzene rings is 1. The maximum absolute atomic E-state index is 10.8. The summed E-state index contributed by atoms with van der Waals surface area (Å²) in [5, 5.41) is 10.8. The van der Waals surface area contributed by atoms with Crippen molar-refractivity contribution in [1.82, 2.24) is 0 Å². The van der Waals surface area contributed by atoms with Crippen molar-refractivity contribution in [2.24, 2.45) is 10.7 Å². The molecule has 1 aliphatic carbocycles. The largest absolute Gasteiger partial charge is 0.507 e. The molecule has 0 aliphatic heterocycles. The number of aliphatic imine (C=N–C) groups is 1. The first kappa shape index (κ1) is 19.0. The highest BCUT2D eigenvalue weighted by atomic mass is 16.3. The second-order valence-corrected chi connectivity index (χ2v) is 9.26. The van der Waals surface area contributed by atoms with E-state index in [1.807, 2.05) is 6.21 Å². The maximum Gasteiger partial charge on any atom is 0.128 e. The molecule has 2 atom stereocenters. The normalized spacial score (nSPS) is 23.0. The Labute approximate surface area is 147 Å². The van der Waals surface area contributed by atoms with E-state index >= 15 is 0 Å². The van der Waals surface area contributed by atoms with Crippen LogP contribution in [0.1, 0.15) is 83.9 Å². The summed E-state index contributed by atoms with van der Waals surface area (Å²) in [6.07, 6.45) is 6.32. The van der Waals surface area contributed by atoms with Crippen LogP contribution in [-0.2, 0) is 10.8 Å². The van der Waals surface area contributed by atoms with Gasteiger partial charge in [-0.3, -0.25) is 4.99 Å². The second kappa shape index (κ2) is 6.87. The quantitative estimate of drug-likeness (QED) is 0.774. The van der Waals surface area contributed by atoms with Crippen LogP contribution < -0.4 is 5.73 Å². The van der Waals surface area contributed by atoms with Crippen LogP contribution in [0.4, 0.5) is 0 Å². The lowest BCUT2D eigenvalue weighted by Crippen LogP contribution is -2.36. The summed E-state index contributed by atoms with van der Waals surface area (Å²) in [6, 6.07) is 4.53. The Morgan fingerprint density at radius 1 is 1.04 bits per heavy atom. The molecule has 0 unspecified atom stereocenters. The fourth-order valence-corrected chi connectivity index (χ4v) is 3.26. The van der Waals surface area contributed by atoms with Crippen molar-refractivity contribution >= 4 is 6.21 Å². The van der Waals surface area contributed by atoms with Gasteiger partial charge in [0.1, 0.15) is 5.75 Å². The van der Waals surface area contributed by atoms with E-state index in [4.69, 9.17) is 10.7 Å². The van der Waals surface area contributed by atoms with Crippen molar-refractivity contribution in [3.8, 4) is 5.75 Å². The molecule has 0 amide bonds. The molecule has 1 saturated carbocycles. The molecule has 0 radical (unpaired) electrons. The Balaban J connectivity index is 2.44. The lowest BCUT2D eigenvalue weighted by Gasteiger charge is -2.27. The van der Waals surface area contributed by atoms with Gasteiger partial charge in [-0.25, -0.2) is 0 Å². The first-order valence-electron chi connectivity index (χ1n) is 9.17. The van der Waals surface area contributed by atoms with Crippen molar-refractivity contribution in [3.63, 3.8) is 0 Å². The van der Waals surface area contributed by atoms with Gasteiger partial charge in [-0.05, 0) is 35.3 Å². The molecule has 24 heavy (non-hydrogen) atoms. The third-order valence-corrected chi connectivity index (χ3v) is 5.00. The number of hydrogen-bond acceptors (Lipinski definition) is 3. The van der Waals surface area contributed by atoms with Crippen LogP contribution in [0, 0.1) is 0 Å².